The highest BCUT2D eigenvalue weighted by Crippen LogP contribution is 2.38. The minimum atomic E-state index is 0.453. The van der Waals surface area contributed by atoms with Crippen LogP contribution < -0.4 is 0 Å². The van der Waals surface area contributed by atoms with Crippen molar-refractivity contribution >= 4 is 0 Å². The number of hydrogen-bond acceptors (Lipinski definition) is 0. The van der Waals surface area contributed by atoms with Crippen molar-refractivity contribution in [2.45, 2.75) is 68.2 Å². The maximum atomic E-state index is 2.41. The predicted octanol–water partition coefficient (Wildman–Crippen LogP) is 5.13. The summed E-state index contributed by atoms with van der Waals surface area (Å²) in [5.41, 5.74) is 0.953. The molecule has 0 radical (unpaired) electrons. The van der Waals surface area contributed by atoms with Crippen molar-refractivity contribution in [2.24, 2.45) is 22.7 Å². The van der Waals surface area contributed by atoms with E-state index in [0.29, 0.717) is 10.8 Å². The first-order chi connectivity index (χ1) is 6.04. The summed E-state index contributed by atoms with van der Waals surface area (Å²) in [5.74, 6) is 1.62. The van der Waals surface area contributed by atoms with Gasteiger partial charge in [0.2, 0.25) is 0 Å². The van der Waals surface area contributed by atoms with Gasteiger partial charge in [0, 0.05) is 0 Å². The van der Waals surface area contributed by atoms with Crippen molar-refractivity contribution < 1.29 is 0 Å². The molecule has 0 aliphatic heterocycles. The first-order valence-corrected chi connectivity index (χ1v) is 6.04. The summed E-state index contributed by atoms with van der Waals surface area (Å²) in [6.45, 7) is 18.9. The van der Waals surface area contributed by atoms with E-state index in [-0.39, 0.29) is 0 Å². The van der Waals surface area contributed by atoms with Gasteiger partial charge in [-0.3, -0.25) is 0 Å². The lowest BCUT2D eigenvalue weighted by atomic mass is 9.70. The summed E-state index contributed by atoms with van der Waals surface area (Å²) >= 11 is 0. The molecule has 14 heavy (non-hydrogen) atoms. The Hall–Kier alpha value is 0. The van der Waals surface area contributed by atoms with E-state index in [1.54, 1.807) is 0 Å². The third-order valence-corrected chi connectivity index (χ3v) is 3.30. The Labute approximate surface area is 91.5 Å². The van der Waals surface area contributed by atoms with Gasteiger partial charge >= 0.3 is 0 Å². The van der Waals surface area contributed by atoms with Gasteiger partial charge in [0.25, 0.3) is 0 Å². The van der Waals surface area contributed by atoms with Crippen molar-refractivity contribution in [2.75, 3.05) is 0 Å². The Kier molecular flexibility index (Phi) is 4.68. The predicted molar refractivity (Wildman–Crippen MR) is 66.5 cm³/mol. The topological polar surface area (TPSA) is 0 Å². The van der Waals surface area contributed by atoms with Crippen LogP contribution in [0.5, 0.6) is 0 Å². The van der Waals surface area contributed by atoms with E-state index in [1.807, 2.05) is 0 Å². The summed E-state index contributed by atoms with van der Waals surface area (Å²) in [6.07, 6.45) is 2.68. The third kappa shape index (κ3) is 5.67. The first kappa shape index (κ1) is 14.0. The van der Waals surface area contributed by atoms with E-state index in [1.165, 1.54) is 12.8 Å². The fourth-order valence-corrected chi connectivity index (χ4v) is 2.32. The summed E-state index contributed by atoms with van der Waals surface area (Å²) in [4.78, 5) is 0. The van der Waals surface area contributed by atoms with E-state index in [0.717, 1.165) is 11.8 Å². The van der Waals surface area contributed by atoms with Crippen LogP contribution in [0.4, 0.5) is 0 Å². The molecule has 1 atom stereocenters. The molecule has 1 unspecified atom stereocenters. The second-order valence-corrected chi connectivity index (χ2v) is 7.23. The van der Waals surface area contributed by atoms with Crippen molar-refractivity contribution in [1.29, 1.82) is 0 Å². The van der Waals surface area contributed by atoms with Crippen LogP contribution in [0.1, 0.15) is 68.2 Å². The molecule has 0 amide bonds. The molecule has 0 fully saturated rings. The molecule has 0 saturated carbocycles. The zero-order valence-corrected chi connectivity index (χ0v) is 11.6. The van der Waals surface area contributed by atoms with Gasteiger partial charge in [-0.2, -0.15) is 0 Å². The molecule has 0 heteroatoms. The van der Waals surface area contributed by atoms with Crippen LogP contribution in [0.25, 0.3) is 0 Å². The minimum absolute atomic E-state index is 0.453. The Bertz CT molecular complexity index is 157. The lowest BCUT2D eigenvalue weighted by molar-refractivity contribution is 0.150. The van der Waals surface area contributed by atoms with Gasteiger partial charge in [0.05, 0.1) is 0 Å². The summed E-state index contributed by atoms with van der Waals surface area (Å²) < 4.78 is 0. The normalized spacial score (nSPS) is 16.1. The second-order valence-electron chi connectivity index (χ2n) is 7.23. The fourth-order valence-electron chi connectivity index (χ4n) is 2.32. The quantitative estimate of drug-likeness (QED) is 0.587. The number of rotatable bonds is 4. The lowest BCUT2D eigenvalue weighted by Crippen LogP contribution is -2.25. The van der Waals surface area contributed by atoms with Crippen LogP contribution in [0, 0.1) is 22.7 Å². The standard InChI is InChI=1S/C14H30/c1-11(2)9-14(7,8)10-12(3)13(4,5)6/h11-12H,9-10H2,1-8H3. The van der Waals surface area contributed by atoms with Gasteiger partial charge in [0.1, 0.15) is 0 Å². The average molecular weight is 198 g/mol. The van der Waals surface area contributed by atoms with Gasteiger partial charge in [-0.25, -0.2) is 0 Å². The SMILES string of the molecule is CC(C)CC(C)(C)CC(C)C(C)(C)C. The number of hydrogen-bond donors (Lipinski definition) is 0. The molecule has 0 aliphatic rings. The highest BCUT2D eigenvalue weighted by Gasteiger charge is 2.28. The van der Waals surface area contributed by atoms with E-state index >= 15 is 0 Å². The lowest BCUT2D eigenvalue weighted by Gasteiger charge is -2.36. The first-order valence-electron chi connectivity index (χ1n) is 6.04. The van der Waals surface area contributed by atoms with Crippen LogP contribution in [-0.4, -0.2) is 0 Å². The maximum absolute atomic E-state index is 2.41. The molecular weight excluding hydrogens is 168 g/mol. The molecule has 0 saturated heterocycles. The molecule has 86 valence electrons. The molecule has 0 bridgehead atoms. The van der Waals surface area contributed by atoms with Crippen molar-refractivity contribution in [3.05, 3.63) is 0 Å². The summed E-state index contributed by atoms with van der Waals surface area (Å²) in [7, 11) is 0. The maximum Gasteiger partial charge on any atom is -0.0349 e. The zero-order chi connectivity index (χ0) is 11.6. The molecule has 0 spiro atoms. The van der Waals surface area contributed by atoms with Crippen molar-refractivity contribution in [3.8, 4) is 0 Å². The van der Waals surface area contributed by atoms with Gasteiger partial charge in [0.15, 0.2) is 0 Å². The highest BCUT2D eigenvalue weighted by atomic mass is 14.3. The van der Waals surface area contributed by atoms with Crippen LogP contribution in [-0.2, 0) is 0 Å². The third-order valence-electron chi connectivity index (χ3n) is 3.30. The molecule has 0 aliphatic carbocycles. The van der Waals surface area contributed by atoms with E-state index in [2.05, 4.69) is 55.4 Å². The minimum Gasteiger partial charge on any atom is -0.0628 e. The Morgan fingerprint density at radius 2 is 1.21 bits per heavy atom. The van der Waals surface area contributed by atoms with Gasteiger partial charge in [-0.1, -0.05) is 55.4 Å². The van der Waals surface area contributed by atoms with Crippen LogP contribution in [0.2, 0.25) is 0 Å². The zero-order valence-electron chi connectivity index (χ0n) is 11.6. The molecule has 0 nitrogen and oxygen atoms in total. The van der Waals surface area contributed by atoms with Crippen molar-refractivity contribution in [3.63, 3.8) is 0 Å². The second kappa shape index (κ2) is 4.68. The Morgan fingerprint density at radius 1 is 0.786 bits per heavy atom. The van der Waals surface area contributed by atoms with Crippen LogP contribution >= 0.6 is 0 Å². The van der Waals surface area contributed by atoms with Gasteiger partial charge < -0.3 is 0 Å². The average Bonchev–Trinajstić information content (AvgIpc) is 1.79. The molecule has 0 heterocycles. The van der Waals surface area contributed by atoms with Gasteiger partial charge in [-0.15, -0.1) is 0 Å². The fraction of sp³-hybridized carbons (Fsp3) is 1.00. The molecule has 0 aromatic heterocycles. The van der Waals surface area contributed by atoms with Gasteiger partial charge in [-0.05, 0) is 35.5 Å². The monoisotopic (exact) mass is 198 g/mol. The van der Waals surface area contributed by atoms with E-state index in [4.69, 9.17) is 0 Å². The molecular formula is C14H30. The van der Waals surface area contributed by atoms with E-state index in [9.17, 15) is 0 Å². The molecule has 0 aromatic carbocycles. The smallest absolute Gasteiger partial charge is 0.0349 e. The van der Waals surface area contributed by atoms with E-state index < -0.39 is 0 Å². The molecule has 0 N–H and O–H groups in total. The largest absolute Gasteiger partial charge is 0.0628 e. The van der Waals surface area contributed by atoms with Crippen LogP contribution in [0.15, 0.2) is 0 Å². The molecule has 0 aromatic rings. The Balaban J connectivity index is 4.22. The Morgan fingerprint density at radius 3 is 1.50 bits per heavy atom. The van der Waals surface area contributed by atoms with Crippen LogP contribution in [0.3, 0.4) is 0 Å². The molecule has 0 rings (SSSR count). The summed E-state index contributed by atoms with van der Waals surface area (Å²) in [6, 6.07) is 0. The summed E-state index contributed by atoms with van der Waals surface area (Å²) in [5, 5.41) is 0. The van der Waals surface area contributed by atoms with Crippen molar-refractivity contribution in [1.82, 2.24) is 0 Å². The highest BCUT2D eigenvalue weighted by molar-refractivity contribution is 4.78.